The van der Waals surface area contributed by atoms with Crippen LogP contribution in [0.4, 0.5) is 45.5 Å². The molecule has 7 aromatic rings. The minimum absolute atomic E-state index is 0.0278. The summed E-state index contributed by atoms with van der Waals surface area (Å²) in [6, 6.07) is 58.8. The predicted octanol–water partition coefficient (Wildman–Crippen LogP) is 11.3. The Bertz CT molecular complexity index is 2790. The van der Waals surface area contributed by atoms with Crippen molar-refractivity contribution in [3.05, 3.63) is 185 Å². The average molecular weight is 762 g/mol. The number of fused-ring (bicyclic) bond motifs is 9. The Morgan fingerprint density at radius 2 is 1.12 bits per heavy atom. The second-order valence-corrected chi connectivity index (χ2v) is 18.7. The van der Waals surface area contributed by atoms with Gasteiger partial charge < -0.3 is 14.7 Å². The maximum absolute atomic E-state index is 2.72. The maximum atomic E-state index is 2.72. The van der Waals surface area contributed by atoms with Gasteiger partial charge in [-0.15, -0.1) is 0 Å². The molecule has 0 bridgehead atoms. The Balaban J connectivity index is 0.991. The van der Waals surface area contributed by atoms with Crippen molar-refractivity contribution in [2.24, 2.45) is 5.92 Å². The van der Waals surface area contributed by atoms with Crippen LogP contribution in [0.5, 0.6) is 0 Å². The summed E-state index contributed by atoms with van der Waals surface area (Å²) in [4.78, 5) is 7.88. The summed E-state index contributed by atoms with van der Waals surface area (Å²) >= 11 is 0. The highest BCUT2D eigenvalue weighted by Crippen LogP contribution is 2.59. The topological polar surface area (TPSA) is 9.72 Å². The first-order valence-corrected chi connectivity index (χ1v) is 22.1. The molecule has 0 aromatic heterocycles. The van der Waals surface area contributed by atoms with Crippen molar-refractivity contribution in [1.82, 2.24) is 0 Å². The van der Waals surface area contributed by atoms with E-state index in [1.807, 2.05) is 0 Å². The highest BCUT2D eigenvalue weighted by molar-refractivity contribution is 7.00. The van der Waals surface area contributed by atoms with Crippen molar-refractivity contribution >= 4 is 68.6 Å². The van der Waals surface area contributed by atoms with E-state index in [1.54, 1.807) is 11.1 Å². The molecule has 3 nitrogen and oxygen atoms in total. The molecule has 6 aliphatic rings. The van der Waals surface area contributed by atoms with Gasteiger partial charge >= 0.3 is 0 Å². The monoisotopic (exact) mass is 761 g/mol. The smallest absolute Gasteiger partial charge is 0.252 e. The zero-order valence-electron chi connectivity index (χ0n) is 34.0. The highest BCUT2D eigenvalue weighted by Gasteiger charge is 2.52. The van der Waals surface area contributed by atoms with Crippen molar-refractivity contribution in [1.29, 1.82) is 0 Å². The van der Waals surface area contributed by atoms with Crippen LogP contribution in [0.25, 0.3) is 0 Å². The Morgan fingerprint density at radius 3 is 1.78 bits per heavy atom. The molecule has 3 atom stereocenters. The summed E-state index contributed by atoms with van der Waals surface area (Å²) in [7, 11) is 0. The molecule has 7 aromatic carbocycles. The molecule has 13 rings (SSSR count). The zero-order chi connectivity index (χ0) is 39.0. The van der Waals surface area contributed by atoms with Gasteiger partial charge in [0.25, 0.3) is 6.71 Å². The Morgan fingerprint density at radius 1 is 0.525 bits per heavy atom. The molecule has 0 radical (unpaired) electrons. The number of hydrogen-bond acceptors (Lipinski definition) is 3. The van der Waals surface area contributed by atoms with Gasteiger partial charge in [-0.25, -0.2) is 0 Å². The van der Waals surface area contributed by atoms with E-state index in [0.717, 1.165) is 0 Å². The summed E-state index contributed by atoms with van der Waals surface area (Å²) in [5.74, 6) is 1.08. The first-order valence-electron chi connectivity index (χ1n) is 22.1. The van der Waals surface area contributed by atoms with Gasteiger partial charge in [-0.3, -0.25) is 0 Å². The van der Waals surface area contributed by atoms with Gasteiger partial charge in [-0.2, -0.15) is 0 Å². The van der Waals surface area contributed by atoms with Crippen LogP contribution in [0.2, 0.25) is 0 Å². The Labute approximate surface area is 349 Å². The van der Waals surface area contributed by atoms with E-state index in [-0.39, 0.29) is 12.1 Å². The Hall–Kier alpha value is -6.00. The van der Waals surface area contributed by atoms with E-state index in [9.17, 15) is 0 Å². The normalized spacial score (nSPS) is 20.8. The number of hydrogen-bond donors (Lipinski definition) is 0. The lowest BCUT2D eigenvalue weighted by Crippen LogP contribution is -2.61. The second kappa shape index (κ2) is 12.5. The largest absolute Gasteiger partial charge is 0.338 e. The van der Waals surface area contributed by atoms with Crippen molar-refractivity contribution in [3.63, 3.8) is 0 Å². The molecule has 59 heavy (non-hydrogen) atoms. The molecule has 286 valence electrons. The first-order chi connectivity index (χ1) is 29.0. The highest BCUT2D eigenvalue weighted by atomic mass is 15.2. The summed E-state index contributed by atoms with van der Waals surface area (Å²) < 4.78 is 0. The Kier molecular flexibility index (Phi) is 7.19. The van der Waals surface area contributed by atoms with E-state index in [2.05, 4.69) is 180 Å². The fraction of sp³-hybridized carbons (Fsp3) is 0.236. The molecule has 0 saturated heterocycles. The molecule has 0 spiro atoms. The lowest BCUT2D eigenvalue weighted by atomic mass is 9.33. The van der Waals surface area contributed by atoms with Crippen molar-refractivity contribution in [3.8, 4) is 0 Å². The third-order valence-corrected chi connectivity index (χ3v) is 15.5. The van der Waals surface area contributed by atoms with Gasteiger partial charge in [-0.1, -0.05) is 92.7 Å². The van der Waals surface area contributed by atoms with E-state index < -0.39 is 0 Å². The third kappa shape index (κ3) is 4.83. The van der Waals surface area contributed by atoms with Crippen LogP contribution in [0, 0.1) is 5.92 Å². The van der Waals surface area contributed by atoms with Crippen molar-refractivity contribution in [2.75, 3.05) is 14.7 Å². The van der Waals surface area contributed by atoms with E-state index in [0.29, 0.717) is 17.9 Å². The van der Waals surface area contributed by atoms with Crippen molar-refractivity contribution < 1.29 is 0 Å². The van der Waals surface area contributed by atoms with Gasteiger partial charge in [0, 0.05) is 51.5 Å². The van der Waals surface area contributed by atoms with Crippen LogP contribution in [0.15, 0.2) is 152 Å². The van der Waals surface area contributed by atoms with Gasteiger partial charge in [0.15, 0.2) is 0 Å². The second-order valence-electron chi connectivity index (χ2n) is 18.7. The summed E-state index contributed by atoms with van der Waals surface area (Å²) in [6.45, 7) is 5.30. The number of nitrogens with zero attached hydrogens (tertiary/aromatic N) is 3. The van der Waals surface area contributed by atoms with E-state index >= 15 is 0 Å². The van der Waals surface area contributed by atoms with Crippen LogP contribution < -0.4 is 31.1 Å². The number of para-hydroxylation sites is 3. The van der Waals surface area contributed by atoms with Gasteiger partial charge in [0.1, 0.15) is 0 Å². The van der Waals surface area contributed by atoms with Crippen molar-refractivity contribution in [2.45, 2.75) is 76.2 Å². The molecule has 1 fully saturated rings. The lowest BCUT2D eigenvalue weighted by molar-refractivity contribution is 0.213. The molecule has 4 aliphatic carbocycles. The lowest BCUT2D eigenvalue weighted by Gasteiger charge is -2.45. The number of aryl methyl sites for hydroxylation is 4. The number of anilines is 8. The summed E-state index contributed by atoms with van der Waals surface area (Å²) in [6.07, 6.45) is 8.27. The molecule has 0 amide bonds. The average Bonchev–Trinajstić information content (AvgIpc) is 3.47. The number of rotatable bonds is 5. The van der Waals surface area contributed by atoms with Crippen LogP contribution in [0.3, 0.4) is 0 Å². The molecule has 0 N–H and O–H groups in total. The first kappa shape index (κ1) is 33.9. The summed E-state index contributed by atoms with van der Waals surface area (Å²) in [5, 5.41) is 0. The van der Waals surface area contributed by atoms with Gasteiger partial charge in [0.2, 0.25) is 0 Å². The van der Waals surface area contributed by atoms with Gasteiger partial charge in [0.05, 0.1) is 0 Å². The standard InChI is InChI=1S/C55H48BN3/c1-55(2)46-32-43(57(39-13-6-3-7-14-39)40-15-8-4-9-16-40)27-28-44(46)45-33-53-49(34-47(45)55)56-48-30-37-23-24-38(37)31-52(48)59(42-26-25-35-21-22-36(35)29-42)51-20-12-19-50(54(51)56)58(53)41-17-10-5-11-18-41/h3-20,25-26,29-31,33-34,43-44,46H,21-24,27-28,32H2,1-2H3. The zero-order valence-corrected chi connectivity index (χ0v) is 34.0. The molecular formula is C55H48BN3. The molecular weight excluding hydrogens is 713 g/mol. The van der Waals surface area contributed by atoms with Gasteiger partial charge in [-0.05, 0) is 185 Å². The van der Waals surface area contributed by atoms with Crippen LogP contribution in [-0.4, -0.2) is 12.8 Å². The number of benzene rings is 7. The quantitative estimate of drug-likeness (QED) is 0.162. The fourth-order valence-electron chi connectivity index (χ4n) is 12.5. The molecule has 2 aliphatic heterocycles. The van der Waals surface area contributed by atoms with Crippen LogP contribution >= 0.6 is 0 Å². The SMILES string of the molecule is CC1(C)c2cc3c(cc2C2CCC(N(c4ccccc4)c4ccccc4)CC21)N(c1ccccc1)c1cccc2c1B3c1cc3c(cc1N2c1ccc2c(c1)CC2)CC3. The van der Waals surface area contributed by atoms with Crippen LogP contribution in [-0.2, 0) is 31.1 Å². The minimum Gasteiger partial charge on any atom is -0.338 e. The van der Waals surface area contributed by atoms with E-state index in [4.69, 9.17) is 0 Å². The van der Waals surface area contributed by atoms with Crippen LogP contribution in [0.1, 0.15) is 72.4 Å². The molecule has 3 unspecified atom stereocenters. The summed E-state index contributed by atoms with van der Waals surface area (Å²) in [5.41, 5.74) is 24.1. The minimum atomic E-state index is 0.0278. The predicted molar refractivity (Wildman–Crippen MR) is 247 cm³/mol. The fourth-order valence-corrected chi connectivity index (χ4v) is 12.5. The third-order valence-electron chi connectivity index (χ3n) is 15.5. The molecule has 2 heterocycles. The molecule has 4 heteroatoms. The molecule has 1 saturated carbocycles. The van der Waals surface area contributed by atoms with E-state index in [1.165, 1.54) is 129 Å². The maximum Gasteiger partial charge on any atom is 0.252 e.